The molecule has 0 aliphatic rings. The van der Waals surface area contributed by atoms with E-state index in [2.05, 4.69) is 37.0 Å². The maximum absolute atomic E-state index is 11.6. The Kier molecular flexibility index (Phi) is 5.22. The van der Waals surface area contributed by atoms with Crippen molar-refractivity contribution in [3.8, 4) is 0 Å². The molecule has 1 atom stereocenters. The summed E-state index contributed by atoms with van der Waals surface area (Å²) in [6.45, 7) is 2.03. The third kappa shape index (κ3) is 3.55. The number of hydrogen-bond acceptors (Lipinski definition) is 2. The molecule has 0 amide bonds. The number of aromatic nitrogens is 2. The average Bonchev–Trinajstić information content (AvgIpc) is 2.72. The van der Waals surface area contributed by atoms with E-state index >= 15 is 0 Å². The molecule has 1 heterocycles. The molecular weight excluding hydrogens is 400 g/mol. The van der Waals surface area contributed by atoms with Crippen molar-refractivity contribution < 1.29 is 9.90 Å². The number of carbonyl (C=O) groups is 1. The van der Waals surface area contributed by atoms with Crippen molar-refractivity contribution in [3.63, 3.8) is 0 Å². The molecule has 1 aromatic heterocycles. The molecule has 1 unspecified atom stereocenters. The van der Waals surface area contributed by atoms with Crippen molar-refractivity contribution >= 4 is 37.8 Å². The van der Waals surface area contributed by atoms with Crippen LogP contribution >= 0.6 is 31.9 Å². The highest BCUT2D eigenvalue weighted by molar-refractivity contribution is 9.10. The Hall–Kier alpha value is -1.14. The van der Waals surface area contributed by atoms with Gasteiger partial charge in [-0.05, 0) is 40.0 Å². The van der Waals surface area contributed by atoms with Gasteiger partial charge in [0.2, 0.25) is 0 Å². The van der Waals surface area contributed by atoms with Crippen LogP contribution in [0.3, 0.4) is 0 Å². The first-order valence-corrected chi connectivity index (χ1v) is 8.21. The third-order valence-corrected chi connectivity index (χ3v) is 4.91. The van der Waals surface area contributed by atoms with E-state index in [0.717, 1.165) is 32.3 Å². The van der Waals surface area contributed by atoms with E-state index < -0.39 is 11.9 Å². The van der Waals surface area contributed by atoms with E-state index in [1.165, 1.54) is 0 Å². The Morgan fingerprint density at radius 1 is 1.33 bits per heavy atom. The van der Waals surface area contributed by atoms with Crippen molar-refractivity contribution in [2.75, 3.05) is 0 Å². The molecule has 0 bridgehead atoms. The smallest absolute Gasteiger partial charge is 0.311 e. The third-order valence-electron chi connectivity index (χ3n) is 3.47. The molecule has 21 heavy (non-hydrogen) atoms. The van der Waals surface area contributed by atoms with E-state index in [1.807, 2.05) is 38.2 Å². The number of halogens is 2. The topological polar surface area (TPSA) is 55.1 Å². The highest BCUT2D eigenvalue weighted by Crippen LogP contribution is 2.28. The van der Waals surface area contributed by atoms with Gasteiger partial charge in [0.25, 0.3) is 0 Å². The van der Waals surface area contributed by atoms with Crippen LogP contribution in [-0.4, -0.2) is 20.9 Å². The summed E-state index contributed by atoms with van der Waals surface area (Å²) in [6.07, 6.45) is 1.21. The second-order valence-electron chi connectivity index (χ2n) is 4.83. The number of rotatable bonds is 5. The molecule has 0 saturated heterocycles. The quantitative estimate of drug-likeness (QED) is 0.805. The fourth-order valence-corrected chi connectivity index (χ4v) is 3.32. The maximum Gasteiger partial charge on any atom is 0.311 e. The molecular formula is C15H16Br2N2O2. The first kappa shape index (κ1) is 16.2. The number of nitrogens with zero attached hydrogens (tertiary/aromatic N) is 2. The van der Waals surface area contributed by atoms with Crippen LogP contribution in [0.15, 0.2) is 33.2 Å². The molecule has 112 valence electrons. The first-order chi connectivity index (χ1) is 9.93. The lowest BCUT2D eigenvalue weighted by molar-refractivity contribution is -0.138. The zero-order chi connectivity index (χ0) is 15.6. The van der Waals surface area contributed by atoms with Crippen LogP contribution in [0.4, 0.5) is 0 Å². The number of carboxylic acids is 1. The van der Waals surface area contributed by atoms with Crippen LogP contribution < -0.4 is 0 Å². The van der Waals surface area contributed by atoms with Gasteiger partial charge in [0.05, 0.1) is 21.8 Å². The van der Waals surface area contributed by atoms with Crippen molar-refractivity contribution in [3.05, 3.63) is 50.2 Å². The van der Waals surface area contributed by atoms with Gasteiger partial charge in [-0.15, -0.1) is 0 Å². The molecule has 2 rings (SSSR count). The minimum atomic E-state index is -0.830. The van der Waals surface area contributed by atoms with E-state index in [9.17, 15) is 9.90 Å². The summed E-state index contributed by atoms with van der Waals surface area (Å²) in [5.41, 5.74) is 2.64. The molecule has 2 aromatic rings. The summed E-state index contributed by atoms with van der Waals surface area (Å²) in [4.78, 5) is 11.6. The van der Waals surface area contributed by atoms with Gasteiger partial charge < -0.3 is 5.11 Å². The Labute approximate surface area is 140 Å². The predicted molar refractivity (Wildman–Crippen MR) is 88.5 cm³/mol. The van der Waals surface area contributed by atoms with Crippen LogP contribution in [0, 0.1) is 0 Å². The molecule has 1 aromatic carbocycles. The van der Waals surface area contributed by atoms with Crippen molar-refractivity contribution in [1.82, 2.24) is 9.78 Å². The normalized spacial score (nSPS) is 12.4. The lowest BCUT2D eigenvalue weighted by atomic mass is 9.94. The minimum absolute atomic E-state index is 0.404. The Balaban J connectivity index is 2.35. The Bertz CT molecular complexity index is 650. The molecule has 0 aliphatic carbocycles. The molecule has 0 saturated carbocycles. The molecule has 0 spiro atoms. The van der Waals surface area contributed by atoms with Crippen LogP contribution in [-0.2, 0) is 24.7 Å². The molecule has 1 N–H and O–H groups in total. The fourth-order valence-electron chi connectivity index (χ4n) is 2.28. The van der Waals surface area contributed by atoms with Crippen molar-refractivity contribution in [2.24, 2.45) is 7.05 Å². The lowest BCUT2D eigenvalue weighted by Crippen LogP contribution is -2.16. The maximum atomic E-state index is 11.6. The SMILES string of the molecule is CCc1nn(C)c(CC(C(=O)O)c2ccc(Br)cc2)c1Br. The number of aliphatic carboxylic acids is 1. The van der Waals surface area contributed by atoms with Gasteiger partial charge >= 0.3 is 5.97 Å². The van der Waals surface area contributed by atoms with E-state index in [4.69, 9.17) is 0 Å². The van der Waals surface area contributed by atoms with Gasteiger partial charge in [0.1, 0.15) is 0 Å². The van der Waals surface area contributed by atoms with Gasteiger partial charge in [-0.1, -0.05) is 35.0 Å². The van der Waals surface area contributed by atoms with Crippen LogP contribution in [0.5, 0.6) is 0 Å². The van der Waals surface area contributed by atoms with Crippen LogP contribution in [0.25, 0.3) is 0 Å². The van der Waals surface area contributed by atoms with Gasteiger partial charge in [-0.2, -0.15) is 5.10 Å². The summed E-state index contributed by atoms with van der Waals surface area (Å²) in [5, 5.41) is 14.0. The molecule has 0 aliphatic heterocycles. The highest BCUT2D eigenvalue weighted by Gasteiger charge is 2.24. The summed E-state index contributed by atoms with van der Waals surface area (Å²) in [7, 11) is 1.85. The van der Waals surface area contributed by atoms with Gasteiger partial charge in [0.15, 0.2) is 0 Å². The van der Waals surface area contributed by atoms with E-state index in [-0.39, 0.29) is 0 Å². The molecule has 4 nitrogen and oxygen atoms in total. The number of aryl methyl sites for hydroxylation is 2. The summed E-state index contributed by atoms with van der Waals surface area (Å²) in [5.74, 6) is -1.42. The molecule has 0 fully saturated rings. The number of benzene rings is 1. The average molecular weight is 416 g/mol. The number of hydrogen-bond donors (Lipinski definition) is 1. The van der Waals surface area contributed by atoms with Crippen molar-refractivity contribution in [2.45, 2.75) is 25.7 Å². The zero-order valence-corrected chi connectivity index (χ0v) is 15.0. The lowest BCUT2D eigenvalue weighted by Gasteiger charge is -2.13. The Morgan fingerprint density at radius 3 is 2.43 bits per heavy atom. The van der Waals surface area contributed by atoms with Crippen molar-refractivity contribution in [1.29, 1.82) is 0 Å². The van der Waals surface area contributed by atoms with Crippen LogP contribution in [0.1, 0.15) is 29.8 Å². The first-order valence-electron chi connectivity index (χ1n) is 6.62. The largest absolute Gasteiger partial charge is 0.481 e. The standard InChI is InChI=1S/C15H16Br2N2O2/c1-3-12-14(17)13(19(2)18-12)8-11(15(20)21)9-4-6-10(16)7-5-9/h4-7,11H,3,8H2,1-2H3,(H,20,21). The highest BCUT2D eigenvalue weighted by atomic mass is 79.9. The Morgan fingerprint density at radius 2 is 1.95 bits per heavy atom. The fraction of sp³-hybridized carbons (Fsp3) is 0.333. The minimum Gasteiger partial charge on any atom is -0.481 e. The second-order valence-corrected chi connectivity index (χ2v) is 6.54. The van der Waals surface area contributed by atoms with Gasteiger partial charge in [0, 0.05) is 17.9 Å². The molecule has 6 heteroatoms. The summed E-state index contributed by atoms with van der Waals surface area (Å²) < 4.78 is 3.61. The second kappa shape index (κ2) is 6.75. The summed E-state index contributed by atoms with van der Waals surface area (Å²) in [6, 6.07) is 7.41. The van der Waals surface area contributed by atoms with Gasteiger partial charge in [-0.3, -0.25) is 9.48 Å². The monoisotopic (exact) mass is 414 g/mol. The van der Waals surface area contributed by atoms with E-state index in [0.29, 0.717) is 6.42 Å². The molecule has 0 radical (unpaired) electrons. The number of carboxylic acid groups (broad SMARTS) is 1. The summed E-state index contributed by atoms with van der Waals surface area (Å²) >= 11 is 6.91. The predicted octanol–water partition coefficient (Wildman–Crippen LogP) is 3.92. The van der Waals surface area contributed by atoms with Gasteiger partial charge in [-0.25, -0.2) is 0 Å². The van der Waals surface area contributed by atoms with E-state index in [1.54, 1.807) is 4.68 Å². The zero-order valence-electron chi connectivity index (χ0n) is 11.8. The van der Waals surface area contributed by atoms with Crippen LogP contribution in [0.2, 0.25) is 0 Å².